The van der Waals surface area contributed by atoms with E-state index >= 15 is 0 Å². The van der Waals surface area contributed by atoms with E-state index in [1.165, 1.54) is 334 Å². The molecule has 0 bridgehead atoms. The van der Waals surface area contributed by atoms with Crippen LogP contribution in [0.4, 0.5) is 0 Å². The molecule has 1 N–H and O–H groups in total. The highest BCUT2D eigenvalue weighted by atomic mass is 16.7. The highest BCUT2D eigenvalue weighted by Crippen LogP contribution is 2.21. The molecule has 2 atom stereocenters. The summed E-state index contributed by atoms with van der Waals surface area (Å²) in [6, 6.07) is 0. The number of carbonyl (C=O) groups is 3. The summed E-state index contributed by atoms with van der Waals surface area (Å²) in [6.45, 7) is 4.85. The number of esters is 2. The summed E-state index contributed by atoms with van der Waals surface area (Å²) < 4.78 is 23.1. The summed E-state index contributed by atoms with van der Waals surface area (Å²) in [5.74, 6) is -1.97. The van der Waals surface area contributed by atoms with Gasteiger partial charge in [0.2, 0.25) is 0 Å². The second-order valence-electron chi connectivity index (χ2n) is 30.5. The Morgan fingerprint density at radius 2 is 0.582 bits per heavy atom. The molecule has 0 amide bonds. The van der Waals surface area contributed by atoms with Crippen molar-refractivity contribution in [2.24, 2.45) is 0 Å². The normalized spacial score (nSPS) is 12.9. The number of carboxylic acids is 1. The zero-order chi connectivity index (χ0) is 71.1. The highest BCUT2D eigenvalue weighted by Gasteiger charge is 2.25. The molecule has 0 fully saturated rings. The van der Waals surface area contributed by atoms with Gasteiger partial charge in [0.1, 0.15) is 13.2 Å². The minimum Gasteiger partial charge on any atom is -0.477 e. The molecule has 0 aliphatic carbocycles. The second-order valence-corrected chi connectivity index (χ2v) is 30.5. The average Bonchev–Trinajstić information content (AvgIpc) is 1.38. The molecule has 0 aromatic heterocycles. The van der Waals surface area contributed by atoms with Crippen molar-refractivity contribution in [2.45, 2.75) is 444 Å². The van der Waals surface area contributed by atoms with Crippen LogP contribution < -0.4 is 0 Å². The first-order chi connectivity index (χ1) is 48.1. The van der Waals surface area contributed by atoms with Crippen LogP contribution in [0, 0.1) is 0 Å². The van der Waals surface area contributed by atoms with Gasteiger partial charge >= 0.3 is 17.9 Å². The van der Waals surface area contributed by atoms with Crippen LogP contribution in [0.15, 0.2) is 60.8 Å². The maximum Gasteiger partial charge on any atom is 0.361 e. The summed E-state index contributed by atoms with van der Waals surface area (Å²) in [6.07, 6.45) is 104. The third-order valence-electron chi connectivity index (χ3n) is 19.5. The van der Waals surface area contributed by atoms with Gasteiger partial charge in [0.15, 0.2) is 6.10 Å². The highest BCUT2D eigenvalue weighted by molar-refractivity contribution is 5.71. The SMILES string of the molecule is CC/C=C\C/C=C\C/C=C\C/C=C\C/C=C\CCCCCCCCCCCCCCCCCCCCCCCCCC(=O)OC(COC(=O)CCCCCCCCCCCCCCCCCCCCCCCCCCCCCCCCCCCC)COC(OCC[N+](C)(C)C)C(=O)O. The Balaban J connectivity index is 3.93. The molecule has 2 unspecified atom stereocenters. The van der Waals surface area contributed by atoms with Crippen molar-refractivity contribution in [2.75, 3.05) is 47.5 Å². The molecule has 9 heteroatoms. The third kappa shape index (κ3) is 80.3. The average molecular weight is 1380 g/mol. The van der Waals surface area contributed by atoms with E-state index in [-0.39, 0.29) is 38.2 Å². The monoisotopic (exact) mass is 1380 g/mol. The fourth-order valence-corrected chi connectivity index (χ4v) is 13.0. The Hall–Kier alpha value is -3.01. The van der Waals surface area contributed by atoms with Crippen LogP contribution in [0.3, 0.4) is 0 Å². The number of nitrogens with zero attached hydrogens (tertiary/aromatic N) is 1. The first-order valence-corrected chi connectivity index (χ1v) is 43.0. The van der Waals surface area contributed by atoms with E-state index < -0.39 is 18.4 Å². The molecular formula is C89H166NO8+. The molecule has 0 rings (SSSR count). The number of aliphatic carboxylic acids is 1. The molecule has 0 aliphatic heterocycles. The van der Waals surface area contributed by atoms with Crippen molar-refractivity contribution in [3.8, 4) is 0 Å². The lowest BCUT2D eigenvalue weighted by Gasteiger charge is -2.25. The number of allylic oxidation sites excluding steroid dienone is 10. The van der Waals surface area contributed by atoms with Gasteiger partial charge in [-0.05, 0) is 57.8 Å². The Morgan fingerprint density at radius 1 is 0.316 bits per heavy atom. The Kier molecular flexibility index (Phi) is 77.2. The van der Waals surface area contributed by atoms with E-state index in [1.807, 2.05) is 21.1 Å². The summed E-state index contributed by atoms with van der Waals surface area (Å²) in [7, 11) is 6.00. The minimum absolute atomic E-state index is 0.175. The first kappa shape index (κ1) is 95.0. The molecular weight excluding hydrogens is 1210 g/mol. The van der Waals surface area contributed by atoms with E-state index in [0.29, 0.717) is 17.4 Å². The fourth-order valence-electron chi connectivity index (χ4n) is 13.0. The van der Waals surface area contributed by atoms with E-state index in [4.69, 9.17) is 18.9 Å². The fraction of sp³-hybridized carbons (Fsp3) is 0.854. The number of carboxylic acid groups (broad SMARTS) is 1. The standard InChI is InChI=1S/C89H165NO8/c1-6-8-10-12-14-16-18-20-22-24-26-28-30-32-34-36-38-40-42-43-44-45-46-48-50-52-54-56-58-60-62-64-66-68-70-72-74-76-78-80-87(92)98-85(84-97-89(88(93)94)95-82-81-90(3,4)5)83-96-86(91)79-77-75-73-71-69-67-65-63-61-59-57-55-53-51-49-47-41-39-37-35-33-31-29-27-25-23-21-19-17-15-13-11-9-7-2/h8,10,14,16,20,22,26,28,32,34,85,89H,6-7,9,11-13,15,17-19,21,23-25,27,29-31,33,35-84H2,1-5H3/p+1/b10-8-,16-14-,22-20-,28-26-,34-32-. The largest absolute Gasteiger partial charge is 0.477 e. The zero-order valence-corrected chi connectivity index (χ0v) is 66.0. The van der Waals surface area contributed by atoms with E-state index in [1.54, 1.807) is 0 Å². The van der Waals surface area contributed by atoms with Gasteiger partial charge in [-0.2, -0.15) is 0 Å². The van der Waals surface area contributed by atoms with Gasteiger partial charge in [-0.1, -0.05) is 421 Å². The molecule has 0 aromatic rings. The maximum atomic E-state index is 13.0. The molecule has 0 heterocycles. The van der Waals surface area contributed by atoms with E-state index in [9.17, 15) is 19.5 Å². The van der Waals surface area contributed by atoms with Crippen molar-refractivity contribution >= 4 is 17.9 Å². The van der Waals surface area contributed by atoms with Crippen molar-refractivity contribution in [1.82, 2.24) is 0 Å². The van der Waals surface area contributed by atoms with Gasteiger partial charge in [0.25, 0.3) is 6.29 Å². The number of hydrogen-bond acceptors (Lipinski definition) is 7. The number of ether oxygens (including phenoxy) is 4. The predicted molar refractivity (Wildman–Crippen MR) is 424 cm³/mol. The lowest BCUT2D eigenvalue weighted by molar-refractivity contribution is -0.870. The Morgan fingerprint density at radius 3 is 0.867 bits per heavy atom. The quantitative estimate of drug-likeness (QED) is 0.0211. The van der Waals surface area contributed by atoms with Crippen LogP contribution in [0.1, 0.15) is 431 Å². The number of likely N-dealkylation sites (N-methyl/N-ethyl adjacent to an activating group) is 1. The van der Waals surface area contributed by atoms with Crippen LogP contribution in [0.25, 0.3) is 0 Å². The Bertz CT molecular complexity index is 1800. The molecule has 0 aromatic carbocycles. The van der Waals surface area contributed by atoms with Gasteiger partial charge in [-0.25, -0.2) is 4.79 Å². The molecule has 0 radical (unpaired) electrons. The number of carbonyl (C=O) groups excluding carboxylic acids is 2. The molecule has 0 aliphatic rings. The molecule has 0 saturated heterocycles. The smallest absolute Gasteiger partial charge is 0.361 e. The lowest BCUT2D eigenvalue weighted by Crippen LogP contribution is -2.40. The number of quaternary nitrogens is 1. The van der Waals surface area contributed by atoms with Crippen molar-refractivity contribution < 1.29 is 42.9 Å². The molecule has 0 spiro atoms. The number of rotatable bonds is 81. The summed E-state index contributed by atoms with van der Waals surface area (Å²) in [5.41, 5.74) is 0. The van der Waals surface area contributed by atoms with Crippen LogP contribution in [0.5, 0.6) is 0 Å². The summed E-state index contributed by atoms with van der Waals surface area (Å²) in [5, 5.41) is 9.79. The van der Waals surface area contributed by atoms with Crippen molar-refractivity contribution in [3.05, 3.63) is 60.8 Å². The van der Waals surface area contributed by atoms with Gasteiger partial charge in [0, 0.05) is 12.8 Å². The van der Waals surface area contributed by atoms with Gasteiger partial charge in [-0.15, -0.1) is 0 Å². The Labute approximate surface area is 609 Å². The van der Waals surface area contributed by atoms with E-state index in [2.05, 4.69) is 74.6 Å². The zero-order valence-electron chi connectivity index (χ0n) is 66.0. The number of hydrogen-bond donors (Lipinski definition) is 1. The maximum absolute atomic E-state index is 13.0. The molecule has 0 saturated carbocycles. The van der Waals surface area contributed by atoms with Gasteiger partial charge in [-0.3, -0.25) is 9.59 Å². The van der Waals surface area contributed by atoms with Crippen LogP contribution in [0.2, 0.25) is 0 Å². The summed E-state index contributed by atoms with van der Waals surface area (Å²) >= 11 is 0. The van der Waals surface area contributed by atoms with E-state index in [0.717, 1.165) is 70.6 Å². The second kappa shape index (κ2) is 79.7. The number of unbranched alkanes of at least 4 members (excludes halogenated alkanes) is 56. The minimum atomic E-state index is -1.51. The van der Waals surface area contributed by atoms with Gasteiger partial charge < -0.3 is 28.5 Å². The predicted octanol–water partition coefficient (Wildman–Crippen LogP) is 27.8. The molecule has 574 valence electrons. The lowest BCUT2D eigenvalue weighted by atomic mass is 10.0. The van der Waals surface area contributed by atoms with Crippen molar-refractivity contribution in [1.29, 1.82) is 0 Å². The van der Waals surface area contributed by atoms with Crippen molar-refractivity contribution in [3.63, 3.8) is 0 Å². The first-order valence-electron chi connectivity index (χ1n) is 43.0. The topological polar surface area (TPSA) is 108 Å². The summed E-state index contributed by atoms with van der Waals surface area (Å²) in [4.78, 5) is 37.8. The van der Waals surface area contributed by atoms with Gasteiger partial charge in [0.05, 0.1) is 34.4 Å². The van der Waals surface area contributed by atoms with Crippen LogP contribution >= 0.6 is 0 Å². The van der Waals surface area contributed by atoms with Crippen LogP contribution in [-0.2, 0) is 33.3 Å². The van der Waals surface area contributed by atoms with Crippen LogP contribution in [-0.4, -0.2) is 87.4 Å². The molecule has 9 nitrogen and oxygen atoms in total. The third-order valence-corrected chi connectivity index (χ3v) is 19.5. The molecule has 98 heavy (non-hydrogen) atoms.